The lowest BCUT2D eigenvalue weighted by molar-refractivity contribution is -0.0517. The van der Waals surface area contributed by atoms with Crippen molar-refractivity contribution in [1.29, 1.82) is 0 Å². The average Bonchev–Trinajstić information content (AvgIpc) is 3.00. The third kappa shape index (κ3) is 3.19. The highest BCUT2D eigenvalue weighted by molar-refractivity contribution is 5.25. The van der Waals surface area contributed by atoms with Crippen LogP contribution in [0.1, 0.15) is 118 Å². The van der Waals surface area contributed by atoms with E-state index >= 15 is 0 Å². The molecule has 0 aromatic carbocycles. The van der Waals surface area contributed by atoms with Crippen LogP contribution in [0.4, 0.5) is 0 Å². The van der Waals surface area contributed by atoms with Crippen LogP contribution >= 0.6 is 0 Å². The van der Waals surface area contributed by atoms with E-state index in [0.29, 0.717) is 16.2 Å². The Morgan fingerprint density at radius 3 is 2.50 bits per heavy atom. The zero-order valence-corrected chi connectivity index (χ0v) is 20.4. The first-order chi connectivity index (χ1) is 14.3. The summed E-state index contributed by atoms with van der Waals surface area (Å²) in [6.45, 7) is 10.2. The molecule has 7 atom stereocenters. The highest BCUT2D eigenvalue weighted by atomic mass is 16.3. The van der Waals surface area contributed by atoms with E-state index in [1.165, 1.54) is 77.0 Å². The lowest BCUT2D eigenvalue weighted by Gasteiger charge is -2.58. The molecule has 0 unspecified atom stereocenters. The first-order valence-corrected chi connectivity index (χ1v) is 13.7. The minimum atomic E-state index is -0.0737. The Labute approximate surface area is 186 Å². The third-order valence-electron chi connectivity index (χ3n) is 12.1. The van der Waals surface area contributed by atoms with Crippen LogP contribution < -0.4 is 0 Å². The molecule has 1 nitrogen and oxygen atoms in total. The summed E-state index contributed by atoms with van der Waals surface area (Å²) in [6, 6.07) is 0. The number of fused-ring (bicyclic) bond motifs is 5. The molecule has 1 N–H and O–H groups in total. The molecule has 5 aliphatic carbocycles. The van der Waals surface area contributed by atoms with Crippen LogP contribution in [-0.4, -0.2) is 11.2 Å². The molecule has 5 rings (SSSR count). The Kier molecular flexibility index (Phi) is 5.48. The maximum absolute atomic E-state index is 10.2. The summed E-state index contributed by atoms with van der Waals surface area (Å²) in [6.07, 6.45) is 22.0. The first-order valence-electron chi connectivity index (χ1n) is 13.7. The summed E-state index contributed by atoms with van der Waals surface area (Å²) in [4.78, 5) is 0. The van der Waals surface area contributed by atoms with Crippen LogP contribution in [0.5, 0.6) is 0 Å². The van der Waals surface area contributed by atoms with Gasteiger partial charge in [-0.2, -0.15) is 0 Å². The predicted molar refractivity (Wildman–Crippen MR) is 126 cm³/mol. The topological polar surface area (TPSA) is 20.2 Å². The van der Waals surface area contributed by atoms with Gasteiger partial charge in [0.15, 0.2) is 0 Å². The average molecular weight is 413 g/mol. The van der Waals surface area contributed by atoms with Gasteiger partial charge in [0.1, 0.15) is 0 Å². The van der Waals surface area contributed by atoms with Crippen molar-refractivity contribution in [2.75, 3.05) is 0 Å². The fourth-order valence-electron chi connectivity index (χ4n) is 9.67. The molecule has 0 amide bonds. The van der Waals surface area contributed by atoms with Crippen LogP contribution in [0.3, 0.4) is 0 Å². The van der Waals surface area contributed by atoms with Gasteiger partial charge in [0.05, 0.1) is 6.10 Å². The van der Waals surface area contributed by atoms with Crippen molar-refractivity contribution in [3.05, 3.63) is 11.6 Å². The van der Waals surface area contributed by atoms with Gasteiger partial charge in [0.2, 0.25) is 0 Å². The molecule has 5 aliphatic rings. The zero-order chi connectivity index (χ0) is 21.1. The summed E-state index contributed by atoms with van der Waals surface area (Å²) >= 11 is 0. The van der Waals surface area contributed by atoms with Crippen LogP contribution in [0.25, 0.3) is 0 Å². The normalized spacial score (nSPS) is 47.1. The van der Waals surface area contributed by atoms with E-state index in [2.05, 4.69) is 33.8 Å². The Hall–Kier alpha value is -0.300. The lowest BCUT2D eigenvalue weighted by atomic mass is 9.47. The van der Waals surface area contributed by atoms with Gasteiger partial charge >= 0.3 is 0 Å². The van der Waals surface area contributed by atoms with Crippen LogP contribution in [0.15, 0.2) is 11.6 Å². The van der Waals surface area contributed by atoms with E-state index in [0.717, 1.165) is 42.4 Å². The van der Waals surface area contributed by atoms with Gasteiger partial charge in [-0.25, -0.2) is 0 Å². The molecule has 170 valence electrons. The Bertz CT molecular complexity index is 672. The van der Waals surface area contributed by atoms with E-state index in [1.807, 2.05) is 0 Å². The van der Waals surface area contributed by atoms with Gasteiger partial charge in [-0.3, -0.25) is 0 Å². The molecule has 0 saturated heterocycles. The summed E-state index contributed by atoms with van der Waals surface area (Å²) in [5.41, 5.74) is 3.35. The molecule has 1 heteroatoms. The van der Waals surface area contributed by atoms with Crippen LogP contribution in [-0.2, 0) is 0 Å². The Morgan fingerprint density at radius 2 is 1.80 bits per heavy atom. The lowest BCUT2D eigenvalue weighted by Crippen LogP contribution is -2.50. The third-order valence-corrected chi connectivity index (χ3v) is 12.1. The monoisotopic (exact) mass is 412 g/mol. The van der Waals surface area contributed by atoms with Crippen molar-refractivity contribution in [1.82, 2.24) is 0 Å². The second-order valence-electron chi connectivity index (χ2n) is 13.2. The molecule has 0 heterocycles. The number of aliphatic hydroxyl groups excluding tert-OH is 1. The quantitative estimate of drug-likeness (QED) is 0.455. The Morgan fingerprint density at radius 1 is 1.00 bits per heavy atom. The predicted octanol–water partition coefficient (Wildman–Crippen LogP) is 7.92. The fourth-order valence-corrected chi connectivity index (χ4v) is 9.67. The van der Waals surface area contributed by atoms with Crippen molar-refractivity contribution in [2.24, 2.45) is 45.8 Å². The van der Waals surface area contributed by atoms with E-state index < -0.39 is 0 Å². The number of aliphatic hydroxyl groups is 1. The number of rotatable bonds is 5. The smallest absolute Gasteiger partial charge is 0.0577 e. The van der Waals surface area contributed by atoms with E-state index in [-0.39, 0.29) is 6.10 Å². The molecule has 0 spiro atoms. The minimum Gasteiger partial charge on any atom is -0.393 e. The molecule has 0 aliphatic heterocycles. The maximum Gasteiger partial charge on any atom is 0.0577 e. The highest BCUT2D eigenvalue weighted by Crippen LogP contribution is 2.67. The van der Waals surface area contributed by atoms with Gasteiger partial charge < -0.3 is 5.11 Å². The SMILES string of the molecule is CC(C)C1(CCC[C@H]2CC[C@H]3[C@@H]4CC=C5C[C@@H](O)CC[C@]5(C)[C@H]4CC[C@]23C)CCC1. The van der Waals surface area contributed by atoms with Gasteiger partial charge in [0, 0.05) is 0 Å². The van der Waals surface area contributed by atoms with E-state index in [9.17, 15) is 5.11 Å². The molecular weight excluding hydrogens is 364 g/mol. The summed E-state index contributed by atoms with van der Waals surface area (Å²) < 4.78 is 0. The molecule has 30 heavy (non-hydrogen) atoms. The fraction of sp³-hybridized carbons (Fsp3) is 0.931. The second-order valence-corrected chi connectivity index (χ2v) is 13.2. The summed E-state index contributed by atoms with van der Waals surface area (Å²) in [5, 5.41) is 10.2. The van der Waals surface area contributed by atoms with Crippen molar-refractivity contribution < 1.29 is 5.11 Å². The molecule has 0 aromatic rings. The Balaban J connectivity index is 1.26. The van der Waals surface area contributed by atoms with Crippen molar-refractivity contribution >= 4 is 0 Å². The summed E-state index contributed by atoms with van der Waals surface area (Å²) in [5.74, 6) is 4.64. The molecule has 0 radical (unpaired) electrons. The number of allylic oxidation sites excluding steroid dienone is 1. The highest BCUT2D eigenvalue weighted by Gasteiger charge is 2.58. The van der Waals surface area contributed by atoms with Gasteiger partial charge in [0.25, 0.3) is 0 Å². The van der Waals surface area contributed by atoms with Crippen molar-refractivity contribution in [3.63, 3.8) is 0 Å². The minimum absolute atomic E-state index is 0.0737. The number of hydrogen-bond donors (Lipinski definition) is 1. The van der Waals surface area contributed by atoms with E-state index in [1.54, 1.807) is 5.57 Å². The van der Waals surface area contributed by atoms with Gasteiger partial charge in [-0.15, -0.1) is 0 Å². The molecule has 0 bridgehead atoms. The van der Waals surface area contributed by atoms with Crippen molar-refractivity contribution in [3.8, 4) is 0 Å². The number of hydrogen-bond acceptors (Lipinski definition) is 1. The molecule has 4 saturated carbocycles. The van der Waals surface area contributed by atoms with E-state index in [4.69, 9.17) is 0 Å². The molecule has 0 aromatic heterocycles. The van der Waals surface area contributed by atoms with Crippen LogP contribution in [0, 0.1) is 45.8 Å². The van der Waals surface area contributed by atoms with Gasteiger partial charge in [-0.1, -0.05) is 52.2 Å². The molecule has 4 fully saturated rings. The van der Waals surface area contributed by atoms with Gasteiger partial charge in [-0.05, 0) is 123 Å². The molecular formula is C29H48O. The maximum atomic E-state index is 10.2. The zero-order valence-electron chi connectivity index (χ0n) is 20.4. The largest absolute Gasteiger partial charge is 0.393 e. The first kappa shape index (κ1) is 21.5. The second kappa shape index (κ2) is 7.64. The van der Waals surface area contributed by atoms with Crippen LogP contribution in [0.2, 0.25) is 0 Å². The summed E-state index contributed by atoms with van der Waals surface area (Å²) in [7, 11) is 0. The van der Waals surface area contributed by atoms with Crippen molar-refractivity contribution in [2.45, 2.75) is 124 Å². The standard InChI is InChI=1S/C29H48O/c1-20(2)29(15-6-16-29)14-5-7-21-9-11-25-24-10-8-22-19-23(30)12-17-28(22,4)26(24)13-18-27(21,25)3/h8,20-21,23-26,30H,5-7,9-19H2,1-4H3/t21-,23-,24-,25-,26-,27+,28-/m0/s1.